The highest BCUT2D eigenvalue weighted by atomic mass is 16.5. The van der Waals surface area contributed by atoms with E-state index in [9.17, 15) is 25.7 Å². The van der Waals surface area contributed by atoms with Crippen molar-refractivity contribution in [1.29, 1.82) is 5.26 Å². The number of hydrogen-bond donors (Lipinski definition) is 4. The predicted octanol–water partition coefficient (Wildman–Crippen LogP) is 1.19. The van der Waals surface area contributed by atoms with Crippen LogP contribution in [0.1, 0.15) is 46.8 Å². The van der Waals surface area contributed by atoms with E-state index in [-0.39, 0.29) is 6.10 Å². The molecule has 7 nitrogen and oxygen atoms in total. The van der Waals surface area contributed by atoms with Gasteiger partial charge in [0.05, 0.1) is 18.2 Å². The molecule has 7 heteroatoms. The Morgan fingerprint density at radius 3 is 2.45 bits per heavy atom. The van der Waals surface area contributed by atoms with E-state index in [4.69, 9.17) is 9.47 Å². The minimum atomic E-state index is -1.46. The van der Waals surface area contributed by atoms with Crippen LogP contribution in [0.5, 0.6) is 0 Å². The Balaban J connectivity index is 1.53. The maximum absolute atomic E-state index is 10.4. The van der Waals surface area contributed by atoms with Gasteiger partial charge in [0, 0.05) is 12.2 Å². The summed E-state index contributed by atoms with van der Waals surface area (Å²) in [5.41, 5.74) is 3.67. The zero-order chi connectivity index (χ0) is 23.4. The second-order valence-electron chi connectivity index (χ2n) is 8.42. The van der Waals surface area contributed by atoms with E-state index in [1.54, 1.807) is 18.2 Å². The molecular formula is C26H27NO6. The molecule has 0 saturated carbocycles. The van der Waals surface area contributed by atoms with Crippen LogP contribution >= 0.6 is 0 Å². The molecule has 0 aromatic heterocycles. The maximum Gasteiger partial charge on any atom is 0.118 e. The molecule has 2 fully saturated rings. The smallest absolute Gasteiger partial charge is 0.118 e. The highest BCUT2D eigenvalue weighted by Crippen LogP contribution is 2.33. The fourth-order valence-corrected chi connectivity index (χ4v) is 4.20. The van der Waals surface area contributed by atoms with Crippen molar-refractivity contribution in [2.75, 3.05) is 13.2 Å². The largest absolute Gasteiger partial charge is 0.394 e. The molecule has 0 spiro atoms. The first-order valence-electron chi connectivity index (χ1n) is 11.1. The summed E-state index contributed by atoms with van der Waals surface area (Å²) in [6.07, 6.45) is -3.68. The van der Waals surface area contributed by atoms with Gasteiger partial charge in [0.25, 0.3) is 0 Å². The lowest BCUT2D eigenvalue weighted by molar-refractivity contribution is -0.231. The van der Waals surface area contributed by atoms with E-state index in [1.165, 1.54) is 0 Å². The lowest BCUT2D eigenvalue weighted by atomic mass is 9.89. The zero-order valence-electron chi connectivity index (χ0n) is 18.1. The molecule has 4 rings (SSSR count). The molecule has 2 aliphatic heterocycles. The minimum Gasteiger partial charge on any atom is -0.394 e. The Kier molecular flexibility index (Phi) is 7.42. The van der Waals surface area contributed by atoms with Crippen molar-refractivity contribution in [3.05, 3.63) is 70.3 Å². The monoisotopic (exact) mass is 449 g/mol. The number of aliphatic hydroxyl groups excluding tert-OH is 4. The number of benzene rings is 2. The van der Waals surface area contributed by atoms with Crippen LogP contribution in [0.2, 0.25) is 0 Å². The molecule has 2 aromatic rings. The van der Waals surface area contributed by atoms with Crippen LogP contribution in [0.4, 0.5) is 0 Å². The van der Waals surface area contributed by atoms with Crippen LogP contribution in [0, 0.1) is 23.2 Å². The van der Waals surface area contributed by atoms with Crippen LogP contribution < -0.4 is 0 Å². The van der Waals surface area contributed by atoms with Gasteiger partial charge in [-0.2, -0.15) is 5.26 Å². The molecule has 0 bridgehead atoms. The van der Waals surface area contributed by atoms with Crippen LogP contribution in [-0.4, -0.2) is 64.2 Å². The summed E-state index contributed by atoms with van der Waals surface area (Å²) >= 11 is 0. The second-order valence-corrected chi connectivity index (χ2v) is 8.42. The number of rotatable bonds is 4. The summed E-state index contributed by atoms with van der Waals surface area (Å²) in [6, 6.07) is 15.0. The lowest BCUT2D eigenvalue weighted by Crippen LogP contribution is -2.55. The van der Waals surface area contributed by atoms with Crippen molar-refractivity contribution >= 4 is 0 Å². The van der Waals surface area contributed by atoms with Gasteiger partial charge in [-0.05, 0) is 54.2 Å². The Bertz CT molecular complexity index is 1060. The highest BCUT2D eigenvalue weighted by Gasteiger charge is 2.44. The van der Waals surface area contributed by atoms with Gasteiger partial charge >= 0.3 is 0 Å². The zero-order valence-corrected chi connectivity index (χ0v) is 18.1. The molecule has 2 aliphatic rings. The third-order valence-electron chi connectivity index (χ3n) is 6.13. The summed E-state index contributed by atoms with van der Waals surface area (Å²) in [6.45, 7) is 0.272. The first kappa shape index (κ1) is 23.4. The summed E-state index contributed by atoms with van der Waals surface area (Å²) in [7, 11) is 0. The molecule has 2 aromatic carbocycles. The maximum atomic E-state index is 10.4. The quantitative estimate of drug-likeness (QED) is 0.517. The van der Waals surface area contributed by atoms with Gasteiger partial charge in [-0.15, -0.1) is 0 Å². The molecule has 2 saturated heterocycles. The fourth-order valence-electron chi connectivity index (χ4n) is 4.20. The molecule has 2 heterocycles. The summed E-state index contributed by atoms with van der Waals surface area (Å²) in [5, 5.41) is 49.6. The SMILES string of the molecule is N#Cc1ccc([C@@H]2O[C@H](CO)[C@@H](O)[C@H](O)[C@H]2O)cc1Cc1ccc(C#CC2CCCO2)cc1. The summed E-state index contributed by atoms with van der Waals surface area (Å²) in [5.74, 6) is 6.28. The summed E-state index contributed by atoms with van der Waals surface area (Å²) < 4.78 is 11.2. The van der Waals surface area contributed by atoms with E-state index in [2.05, 4.69) is 17.9 Å². The topological polar surface area (TPSA) is 123 Å². The normalized spacial score (nSPS) is 29.2. The molecule has 6 atom stereocenters. The van der Waals surface area contributed by atoms with E-state index < -0.39 is 37.1 Å². The van der Waals surface area contributed by atoms with Crippen molar-refractivity contribution in [1.82, 2.24) is 0 Å². The van der Waals surface area contributed by atoms with Gasteiger partial charge in [0.2, 0.25) is 0 Å². The van der Waals surface area contributed by atoms with E-state index in [0.717, 1.165) is 36.1 Å². The molecule has 0 aliphatic carbocycles. The first-order chi connectivity index (χ1) is 16.0. The van der Waals surface area contributed by atoms with E-state index in [1.807, 2.05) is 24.3 Å². The van der Waals surface area contributed by atoms with Crippen LogP contribution in [0.15, 0.2) is 42.5 Å². The standard InChI is InChI=1S/C26H27NO6/c27-14-19-9-8-18(26-25(31)24(30)23(29)22(15-28)33-26)13-20(19)12-17-5-3-16(4-6-17)7-10-21-2-1-11-32-21/h3-6,8-9,13,21-26,28-31H,1-2,11-12,15H2/t21?,22-,23-,24+,25-,26+/m1/s1. The third-order valence-corrected chi connectivity index (χ3v) is 6.13. The molecule has 0 radical (unpaired) electrons. The number of ether oxygens (including phenoxy) is 2. The molecule has 172 valence electrons. The Morgan fingerprint density at radius 2 is 1.79 bits per heavy atom. The molecule has 0 amide bonds. The Morgan fingerprint density at radius 1 is 1.00 bits per heavy atom. The molecule has 33 heavy (non-hydrogen) atoms. The number of hydrogen-bond acceptors (Lipinski definition) is 7. The number of nitriles is 1. The van der Waals surface area contributed by atoms with Gasteiger partial charge in [-0.1, -0.05) is 36.1 Å². The highest BCUT2D eigenvalue weighted by molar-refractivity contribution is 5.45. The van der Waals surface area contributed by atoms with Gasteiger partial charge in [-0.25, -0.2) is 0 Å². The van der Waals surface area contributed by atoms with E-state index >= 15 is 0 Å². The molecule has 1 unspecified atom stereocenters. The lowest BCUT2D eigenvalue weighted by Gasteiger charge is -2.40. The average Bonchev–Trinajstić information content (AvgIpc) is 3.36. The average molecular weight is 450 g/mol. The summed E-state index contributed by atoms with van der Waals surface area (Å²) in [4.78, 5) is 0. The predicted molar refractivity (Wildman–Crippen MR) is 119 cm³/mol. The van der Waals surface area contributed by atoms with Crippen molar-refractivity contribution in [2.45, 2.75) is 55.9 Å². The molecular weight excluding hydrogens is 422 g/mol. The molecule has 4 N–H and O–H groups in total. The van der Waals surface area contributed by atoms with Crippen LogP contribution in [-0.2, 0) is 15.9 Å². The number of nitrogens with zero attached hydrogens (tertiary/aromatic N) is 1. The van der Waals surface area contributed by atoms with E-state index in [0.29, 0.717) is 17.5 Å². The van der Waals surface area contributed by atoms with Gasteiger partial charge < -0.3 is 29.9 Å². The van der Waals surface area contributed by atoms with Crippen molar-refractivity contribution < 1.29 is 29.9 Å². The van der Waals surface area contributed by atoms with Crippen LogP contribution in [0.3, 0.4) is 0 Å². The minimum absolute atomic E-state index is 0.00743. The Hall–Kier alpha value is -2.75. The van der Waals surface area contributed by atoms with Crippen molar-refractivity contribution in [3.8, 4) is 17.9 Å². The number of aliphatic hydroxyl groups is 4. The second kappa shape index (κ2) is 10.5. The Labute approximate surface area is 192 Å². The van der Waals surface area contributed by atoms with Gasteiger partial charge in [-0.3, -0.25) is 0 Å². The van der Waals surface area contributed by atoms with Crippen molar-refractivity contribution in [2.24, 2.45) is 0 Å². The third kappa shape index (κ3) is 5.26. The van der Waals surface area contributed by atoms with Crippen LogP contribution in [0.25, 0.3) is 0 Å². The van der Waals surface area contributed by atoms with Gasteiger partial charge in [0.1, 0.15) is 36.6 Å². The van der Waals surface area contributed by atoms with Gasteiger partial charge in [0.15, 0.2) is 0 Å². The fraction of sp³-hybridized carbons (Fsp3) is 0.423. The van der Waals surface area contributed by atoms with Crippen molar-refractivity contribution in [3.63, 3.8) is 0 Å². The first-order valence-corrected chi connectivity index (χ1v) is 11.1.